The molecule has 0 spiro atoms. The lowest BCUT2D eigenvalue weighted by atomic mass is 9.98. The number of benzene rings is 1. The first-order chi connectivity index (χ1) is 9.22. The van der Waals surface area contributed by atoms with E-state index in [2.05, 4.69) is 20.8 Å². The average Bonchev–Trinajstić information content (AvgIpc) is 3.23. The molecule has 19 heavy (non-hydrogen) atoms. The van der Waals surface area contributed by atoms with Gasteiger partial charge in [-0.25, -0.2) is 0 Å². The zero-order chi connectivity index (χ0) is 13.7. The molecule has 2 nitrogen and oxygen atoms in total. The second kappa shape index (κ2) is 6.95. The Balaban J connectivity index is 2.04. The van der Waals surface area contributed by atoms with Crippen molar-refractivity contribution in [2.24, 2.45) is 11.8 Å². The standard InChI is InChI=1S/C17H26O2/c1-4-12-18-17(14-10-11-14)16(13(2)3)19-15-8-6-5-7-9-15/h5-9,13-14,16-17H,4,10-12H2,1-3H3/t16-,17-/m0/s1. The molecular formula is C17H26O2. The molecule has 0 unspecified atom stereocenters. The maximum Gasteiger partial charge on any atom is 0.127 e. The van der Waals surface area contributed by atoms with E-state index in [9.17, 15) is 0 Å². The number of hydrogen-bond donors (Lipinski definition) is 0. The molecule has 2 rings (SSSR count). The lowest BCUT2D eigenvalue weighted by Crippen LogP contribution is -2.40. The van der Waals surface area contributed by atoms with Crippen LogP contribution in [0.4, 0.5) is 0 Å². The van der Waals surface area contributed by atoms with Crippen molar-refractivity contribution >= 4 is 0 Å². The molecule has 0 heterocycles. The molecule has 106 valence electrons. The van der Waals surface area contributed by atoms with Crippen LogP contribution in [-0.4, -0.2) is 18.8 Å². The van der Waals surface area contributed by atoms with Gasteiger partial charge in [0.25, 0.3) is 0 Å². The third kappa shape index (κ3) is 4.24. The minimum absolute atomic E-state index is 0.154. The Morgan fingerprint density at radius 3 is 2.37 bits per heavy atom. The van der Waals surface area contributed by atoms with Gasteiger partial charge < -0.3 is 9.47 Å². The summed E-state index contributed by atoms with van der Waals surface area (Å²) in [7, 11) is 0. The Labute approximate surface area is 117 Å². The van der Waals surface area contributed by atoms with Crippen LogP contribution in [0, 0.1) is 11.8 Å². The molecule has 1 aromatic rings. The fraction of sp³-hybridized carbons (Fsp3) is 0.647. The molecule has 0 aromatic heterocycles. The Morgan fingerprint density at radius 1 is 1.16 bits per heavy atom. The molecule has 0 radical (unpaired) electrons. The van der Waals surface area contributed by atoms with Crippen LogP contribution in [0.15, 0.2) is 30.3 Å². The van der Waals surface area contributed by atoms with E-state index in [-0.39, 0.29) is 12.2 Å². The van der Waals surface area contributed by atoms with Crippen molar-refractivity contribution < 1.29 is 9.47 Å². The van der Waals surface area contributed by atoms with Crippen molar-refractivity contribution in [2.75, 3.05) is 6.61 Å². The molecule has 0 aliphatic heterocycles. The van der Waals surface area contributed by atoms with Crippen LogP contribution in [0.1, 0.15) is 40.0 Å². The van der Waals surface area contributed by atoms with Crippen molar-refractivity contribution in [2.45, 2.75) is 52.2 Å². The van der Waals surface area contributed by atoms with Gasteiger partial charge in [-0.15, -0.1) is 0 Å². The highest BCUT2D eigenvalue weighted by molar-refractivity contribution is 5.21. The summed E-state index contributed by atoms with van der Waals surface area (Å²) < 4.78 is 12.3. The minimum atomic E-state index is 0.154. The topological polar surface area (TPSA) is 18.5 Å². The van der Waals surface area contributed by atoms with E-state index in [1.165, 1.54) is 12.8 Å². The van der Waals surface area contributed by atoms with Gasteiger partial charge in [0.05, 0.1) is 6.10 Å². The van der Waals surface area contributed by atoms with Crippen LogP contribution in [0.2, 0.25) is 0 Å². The van der Waals surface area contributed by atoms with Crippen LogP contribution in [-0.2, 0) is 4.74 Å². The predicted molar refractivity (Wildman–Crippen MR) is 78.5 cm³/mol. The molecule has 0 amide bonds. The Hall–Kier alpha value is -1.02. The molecule has 1 saturated carbocycles. The summed E-state index contributed by atoms with van der Waals surface area (Å²) in [5.41, 5.74) is 0. The molecule has 0 saturated heterocycles. The maximum absolute atomic E-state index is 6.21. The number of rotatable bonds is 8. The molecule has 1 aromatic carbocycles. The van der Waals surface area contributed by atoms with Crippen molar-refractivity contribution in [3.8, 4) is 5.75 Å². The Kier molecular flexibility index (Phi) is 5.26. The Morgan fingerprint density at radius 2 is 1.84 bits per heavy atom. The van der Waals surface area contributed by atoms with Crippen LogP contribution < -0.4 is 4.74 Å². The first-order valence-corrected chi connectivity index (χ1v) is 7.55. The highest BCUT2D eigenvalue weighted by atomic mass is 16.5. The van der Waals surface area contributed by atoms with E-state index in [1.54, 1.807) is 0 Å². The van der Waals surface area contributed by atoms with Gasteiger partial charge in [0.2, 0.25) is 0 Å². The number of para-hydroxylation sites is 1. The van der Waals surface area contributed by atoms with E-state index < -0.39 is 0 Å². The second-order valence-corrected chi connectivity index (χ2v) is 5.81. The minimum Gasteiger partial charge on any atom is -0.487 e. The third-order valence-corrected chi connectivity index (χ3v) is 3.60. The molecule has 1 fully saturated rings. The van der Waals surface area contributed by atoms with Crippen molar-refractivity contribution in [1.82, 2.24) is 0 Å². The van der Waals surface area contributed by atoms with Crippen LogP contribution in [0.25, 0.3) is 0 Å². The SMILES string of the molecule is CCCO[C@@H](C1CC1)[C@@H](Oc1ccccc1)C(C)C. The molecule has 0 N–H and O–H groups in total. The summed E-state index contributed by atoms with van der Waals surface area (Å²) in [6.45, 7) is 7.44. The highest BCUT2D eigenvalue weighted by Gasteiger charge is 2.40. The fourth-order valence-corrected chi connectivity index (χ4v) is 2.42. The van der Waals surface area contributed by atoms with E-state index in [4.69, 9.17) is 9.47 Å². The van der Waals surface area contributed by atoms with Crippen molar-refractivity contribution in [3.05, 3.63) is 30.3 Å². The molecule has 2 atom stereocenters. The van der Waals surface area contributed by atoms with Crippen LogP contribution in [0.3, 0.4) is 0 Å². The first-order valence-electron chi connectivity index (χ1n) is 7.55. The fourth-order valence-electron chi connectivity index (χ4n) is 2.42. The quantitative estimate of drug-likeness (QED) is 0.695. The van der Waals surface area contributed by atoms with Gasteiger partial charge in [-0.05, 0) is 43.2 Å². The average molecular weight is 262 g/mol. The zero-order valence-electron chi connectivity index (χ0n) is 12.3. The Bertz CT molecular complexity index is 357. The lowest BCUT2D eigenvalue weighted by molar-refractivity contribution is -0.0550. The first kappa shape index (κ1) is 14.4. The highest BCUT2D eigenvalue weighted by Crippen LogP contribution is 2.38. The second-order valence-electron chi connectivity index (χ2n) is 5.81. The summed E-state index contributed by atoms with van der Waals surface area (Å²) in [4.78, 5) is 0. The van der Waals surface area contributed by atoms with Gasteiger partial charge in [-0.2, -0.15) is 0 Å². The van der Waals surface area contributed by atoms with Gasteiger partial charge in [-0.1, -0.05) is 39.0 Å². The molecule has 0 bridgehead atoms. The lowest BCUT2D eigenvalue weighted by Gasteiger charge is -2.31. The summed E-state index contributed by atoms with van der Waals surface area (Å²) in [5, 5.41) is 0. The summed E-state index contributed by atoms with van der Waals surface area (Å²) in [5.74, 6) is 2.11. The van der Waals surface area contributed by atoms with Gasteiger partial charge in [0.15, 0.2) is 0 Å². The van der Waals surface area contributed by atoms with Crippen LogP contribution >= 0.6 is 0 Å². The van der Waals surface area contributed by atoms with E-state index in [0.717, 1.165) is 18.8 Å². The summed E-state index contributed by atoms with van der Waals surface area (Å²) >= 11 is 0. The molecular weight excluding hydrogens is 236 g/mol. The smallest absolute Gasteiger partial charge is 0.127 e. The maximum atomic E-state index is 6.21. The normalized spacial score (nSPS) is 18.3. The molecule has 1 aliphatic carbocycles. The van der Waals surface area contributed by atoms with Gasteiger partial charge in [0, 0.05) is 6.61 Å². The van der Waals surface area contributed by atoms with E-state index in [1.807, 2.05) is 30.3 Å². The summed E-state index contributed by atoms with van der Waals surface area (Å²) in [6.07, 6.45) is 4.05. The molecule has 1 aliphatic rings. The van der Waals surface area contributed by atoms with Gasteiger partial charge in [0.1, 0.15) is 11.9 Å². The largest absolute Gasteiger partial charge is 0.487 e. The summed E-state index contributed by atoms with van der Waals surface area (Å²) in [6, 6.07) is 10.1. The van der Waals surface area contributed by atoms with Crippen molar-refractivity contribution in [3.63, 3.8) is 0 Å². The third-order valence-electron chi connectivity index (χ3n) is 3.60. The van der Waals surface area contributed by atoms with E-state index in [0.29, 0.717) is 11.8 Å². The van der Waals surface area contributed by atoms with Gasteiger partial charge in [-0.3, -0.25) is 0 Å². The van der Waals surface area contributed by atoms with Gasteiger partial charge >= 0.3 is 0 Å². The predicted octanol–water partition coefficient (Wildman–Crippen LogP) is 4.30. The monoisotopic (exact) mass is 262 g/mol. The zero-order valence-corrected chi connectivity index (χ0v) is 12.3. The number of hydrogen-bond acceptors (Lipinski definition) is 2. The van der Waals surface area contributed by atoms with E-state index >= 15 is 0 Å². The number of ether oxygens (including phenoxy) is 2. The van der Waals surface area contributed by atoms with Crippen molar-refractivity contribution in [1.29, 1.82) is 0 Å². The van der Waals surface area contributed by atoms with Crippen LogP contribution in [0.5, 0.6) is 5.75 Å². The molecule has 2 heteroatoms.